The topological polar surface area (TPSA) is 56.2 Å². The van der Waals surface area contributed by atoms with Gasteiger partial charge in [-0.2, -0.15) is 0 Å². The Balaban J connectivity index is 1.91. The number of nitrogens with zero attached hydrogens (tertiary/aromatic N) is 1. The largest absolute Gasteiger partial charge is 0.454 e. The van der Waals surface area contributed by atoms with Gasteiger partial charge in [-0.05, 0) is 23.8 Å². The Kier molecular flexibility index (Phi) is 2.97. The molecule has 0 saturated heterocycles. The minimum absolute atomic E-state index is 0.138. The number of ether oxygens (including phenoxy) is 2. The van der Waals surface area contributed by atoms with Gasteiger partial charge in [-0.3, -0.25) is 9.36 Å². The number of rotatable bonds is 2. The van der Waals surface area contributed by atoms with Crippen LogP contribution in [-0.2, 0) is 6.54 Å². The molecular formula is C16H12N2O3S. The predicted octanol–water partition coefficient (Wildman–Crippen LogP) is 2.84. The molecule has 1 aliphatic heterocycles. The van der Waals surface area contributed by atoms with Crippen molar-refractivity contribution in [1.82, 2.24) is 9.55 Å². The van der Waals surface area contributed by atoms with E-state index in [1.54, 1.807) is 16.7 Å². The Morgan fingerprint density at radius 1 is 1.14 bits per heavy atom. The van der Waals surface area contributed by atoms with E-state index in [1.165, 1.54) is 0 Å². The molecule has 0 amide bonds. The number of aromatic amines is 1. The van der Waals surface area contributed by atoms with Crippen LogP contribution in [0.2, 0.25) is 0 Å². The van der Waals surface area contributed by atoms with E-state index in [4.69, 9.17) is 21.7 Å². The maximum absolute atomic E-state index is 12.7. The molecule has 1 aliphatic rings. The molecule has 2 aromatic carbocycles. The molecule has 4 rings (SSSR count). The molecule has 2 heterocycles. The first-order chi connectivity index (χ1) is 10.7. The van der Waals surface area contributed by atoms with Gasteiger partial charge in [0, 0.05) is 6.07 Å². The molecule has 0 atom stereocenters. The molecule has 0 unspecified atom stereocenters. The van der Waals surface area contributed by atoms with E-state index in [0.29, 0.717) is 33.7 Å². The third-order valence-corrected chi connectivity index (χ3v) is 3.98. The minimum Gasteiger partial charge on any atom is -0.454 e. The van der Waals surface area contributed by atoms with Gasteiger partial charge in [0.1, 0.15) is 0 Å². The molecule has 1 N–H and O–H groups in total. The van der Waals surface area contributed by atoms with E-state index < -0.39 is 0 Å². The zero-order chi connectivity index (χ0) is 15.1. The van der Waals surface area contributed by atoms with E-state index in [0.717, 1.165) is 5.56 Å². The fraction of sp³-hybridized carbons (Fsp3) is 0.125. The van der Waals surface area contributed by atoms with Gasteiger partial charge in [-0.15, -0.1) is 0 Å². The second-order valence-electron chi connectivity index (χ2n) is 5.06. The lowest BCUT2D eigenvalue weighted by atomic mass is 10.2. The Morgan fingerprint density at radius 3 is 2.64 bits per heavy atom. The molecular weight excluding hydrogens is 300 g/mol. The maximum Gasteiger partial charge on any atom is 0.262 e. The number of nitrogens with one attached hydrogen (secondary N) is 1. The summed E-state index contributed by atoms with van der Waals surface area (Å²) in [5.41, 5.74) is 1.54. The van der Waals surface area contributed by atoms with E-state index >= 15 is 0 Å². The molecule has 0 radical (unpaired) electrons. The first kappa shape index (κ1) is 13.1. The maximum atomic E-state index is 12.7. The molecule has 6 heteroatoms. The van der Waals surface area contributed by atoms with Crippen LogP contribution in [0.25, 0.3) is 10.9 Å². The highest BCUT2D eigenvalue weighted by Gasteiger charge is 2.17. The molecule has 110 valence electrons. The van der Waals surface area contributed by atoms with E-state index in [2.05, 4.69) is 4.98 Å². The van der Waals surface area contributed by atoms with Crippen molar-refractivity contribution in [3.8, 4) is 11.5 Å². The zero-order valence-corrected chi connectivity index (χ0v) is 12.4. The molecule has 22 heavy (non-hydrogen) atoms. The van der Waals surface area contributed by atoms with Crippen LogP contribution < -0.4 is 15.0 Å². The third-order valence-electron chi connectivity index (χ3n) is 3.66. The number of benzene rings is 2. The monoisotopic (exact) mass is 312 g/mol. The summed E-state index contributed by atoms with van der Waals surface area (Å²) >= 11 is 5.33. The quantitative estimate of drug-likeness (QED) is 0.739. The molecule has 3 aromatic rings. The lowest BCUT2D eigenvalue weighted by molar-refractivity contribution is 0.174. The zero-order valence-electron chi connectivity index (χ0n) is 11.5. The van der Waals surface area contributed by atoms with Gasteiger partial charge in [0.25, 0.3) is 5.56 Å². The fourth-order valence-electron chi connectivity index (χ4n) is 2.55. The van der Waals surface area contributed by atoms with Gasteiger partial charge in [-0.1, -0.05) is 30.3 Å². The highest BCUT2D eigenvalue weighted by atomic mass is 32.1. The smallest absolute Gasteiger partial charge is 0.262 e. The Bertz CT molecular complexity index is 976. The summed E-state index contributed by atoms with van der Waals surface area (Å²) < 4.78 is 12.6. The number of hydrogen-bond donors (Lipinski definition) is 1. The van der Waals surface area contributed by atoms with Crippen molar-refractivity contribution < 1.29 is 9.47 Å². The lowest BCUT2D eigenvalue weighted by Crippen LogP contribution is -2.22. The standard InChI is InChI=1S/C16H12N2O3S/c19-15-11-6-13-14(21-9-20-13)7-12(11)17-16(22)18(15)8-10-4-2-1-3-5-10/h1-7H,8-9H2,(H,17,22). The highest BCUT2D eigenvalue weighted by Crippen LogP contribution is 2.34. The van der Waals surface area contributed by atoms with Crippen molar-refractivity contribution in [2.45, 2.75) is 6.54 Å². The van der Waals surface area contributed by atoms with Crippen LogP contribution in [0.5, 0.6) is 11.5 Å². The van der Waals surface area contributed by atoms with Crippen molar-refractivity contribution in [2.75, 3.05) is 6.79 Å². The molecule has 0 aliphatic carbocycles. The number of hydrogen-bond acceptors (Lipinski definition) is 4. The van der Waals surface area contributed by atoms with Crippen LogP contribution in [0.15, 0.2) is 47.3 Å². The summed E-state index contributed by atoms with van der Waals surface area (Å²) in [5.74, 6) is 1.21. The lowest BCUT2D eigenvalue weighted by Gasteiger charge is -2.09. The summed E-state index contributed by atoms with van der Waals surface area (Å²) in [4.78, 5) is 15.8. The second kappa shape index (κ2) is 4.99. The minimum atomic E-state index is -0.138. The van der Waals surface area contributed by atoms with Crippen LogP contribution >= 0.6 is 12.2 Å². The van der Waals surface area contributed by atoms with Gasteiger partial charge < -0.3 is 14.5 Å². The summed E-state index contributed by atoms with van der Waals surface area (Å²) in [6, 6.07) is 13.2. The van der Waals surface area contributed by atoms with Gasteiger partial charge in [-0.25, -0.2) is 0 Å². The number of aromatic nitrogens is 2. The van der Waals surface area contributed by atoms with Crippen molar-refractivity contribution >= 4 is 23.1 Å². The van der Waals surface area contributed by atoms with Crippen LogP contribution in [-0.4, -0.2) is 16.3 Å². The van der Waals surface area contributed by atoms with E-state index in [9.17, 15) is 4.79 Å². The van der Waals surface area contributed by atoms with Crippen molar-refractivity contribution in [2.24, 2.45) is 0 Å². The average Bonchev–Trinajstić information content (AvgIpc) is 2.98. The SMILES string of the molecule is O=c1c2cc3c(cc2[nH]c(=S)n1Cc1ccccc1)OCO3. The first-order valence-corrected chi connectivity index (χ1v) is 7.23. The second-order valence-corrected chi connectivity index (χ2v) is 5.44. The molecule has 1 aromatic heterocycles. The summed E-state index contributed by atoms with van der Waals surface area (Å²) in [5, 5.41) is 0.536. The average molecular weight is 312 g/mol. The Morgan fingerprint density at radius 2 is 1.86 bits per heavy atom. The Hall–Kier alpha value is -2.60. The van der Waals surface area contributed by atoms with Gasteiger partial charge in [0.2, 0.25) is 6.79 Å². The van der Waals surface area contributed by atoms with Crippen molar-refractivity contribution in [1.29, 1.82) is 0 Å². The van der Waals surface area contributed by atoms with Crippen molar-refractivity contribution in [3.05, 3.63) is 63.2 Å². The summed E-state index contributed by atoms with van der Waals surface area (Å²) in [7, 11) is 0. The van der Waals surface area contributed by atoms with E-state index in [1.807, 2.05) is 30.3 Å². The predicted molar refractivity (Wildman–Crippen MR) is 85.1 cm³/mol. The molecule has 5 nitrogen and oxygen atoms in total. The highest BCUT2D eigenvalue weighted by molar-refractivity contribution is 7.71. The van der Waals surface area contributed by atoms with Gasteiger partial charge in [0.05, 0.1) is 17.4 Å². The van der Waals surface area contributed by atoms with Crippen LogP contribution in [0.4, 0.5) is 0 Å². The molecule has 0 spiro atoms. The van der Waals surface area contributed by atoms with E-state index in [-0.39, 0.29) is 12.4 Å². The van der Waals surface area contributed by atoms with Crippen LogP contribution in [0.1, 0.15) is 5.56 Å². The molecule has 0 saturated carbocycles. The Labute approximate surface area is 130 Å². The normalized spacial score (nSPS) is 12.7. The van der Waals surface area contributed by atoms with Crippen LogP contribution in [0.3, 0.4) is 0 Å². The van der Waals surface area contributed by atoms with Crippen molar-refractivity contribution in [3.63, 3.8) is 0 Å². The van der Waals surface area contributed by atoms with Gasteiger partial charge in [0.15, 0.2) is 16.3 Å². The molecule has 0 fully saturated rings. The van der Waals surface area contributed by atoms with Crippen LogP contribution in [0, 0.1) is 4.77 Å². The molecule has 0 bridgehead atoms. The third kappa shape index (κ3) is 2.08. The fourth-order valence-corrected chi connectivity index (χ4v) is 2.81. The first-order valence-electron chi connectivity index (χ1n) is 6.83. The number of H-pyrrole nitrogens is 1. The summed E-state index contributed by atoms with van der Waals surface area (Å²) in [6.45, 7) is 0.601. The van der Waals surface area contributed by atoms with Gasteiger partial charge >= 0.3 is 0 Å². The number of fused-ring (bicyclic) bond motifs is 2. The summed E-state index contributed by atoms with van der Waals surface area (Å²) in [6.07, 6.45) is 0.